The van der Waals surface area contributed by atoms with Crippen LogP contribution in [-0.2, 0) is 16.0 Å². The average molecular weight is 382 g/mol. The highest BCUT2D eigenvalue weighted by molar-refractivity contribution is 5.78. The van der Waals surface area contributed by atoms with Gasteiger partial charge >= 0.3 is 0 Å². The highest BCUT2D eigenvalue weighted by atomic mass is 19.1. The summed E-state index contributed by atoms with van der Waals surface area (Å²) in [6.07, 6.45) is 2.78. The maximum absolute atomic E-state index is 13.9. The Morgan fingerprint density at radius 2 is 2.04 bits per heavy atom. The van der Waals surface area contributed by atoms with Gasteiger partial charge in [-0.15, -0.1) is 0 Å². The molecular formula is C22H23FN2O3. The van der Waals surface area contributed by atoms with Gasteiger partial charge in [0.2, 0.25) is 5.91 Å². The first kappa shape index (κ1) is 18.5. The lowest BCUT2D eigenvalue weighted by Gasteiger charge is -2.37. The van der Waals surface area contributed by atoms with Gasteiger partial charge in [0.15, 0.2) is 6.61 Å². The lowest BCUT2D eigenvalue weighted by Crippen LogP contribution is -2.39. The predicted octanol–water partition coefficient (Wildman–Crippen LogP) is 2.98. The number of carbonyl (C=O) groups is 2. The molecule has 2 aromatic carbocycles. The summed E-state index contributed by atoms with van der Waals surface area (Å²) in [5, 5.41) is 2.89. The zero-order valence-corrected chi connectivity index (χ0v) is 15.8. The molecule has 6 heteroatoms. The Labute approximate surface area is 163 Å². The van der Waals surface area contributed by atoms with Gasteiger partial charge in [0.25, 0.3) is 5.91 Å². The van der Waals surface area contributed by atoms with Crippen molar-refractivity contribution in [3.05, 3.63) is 65.0 Å². The first-order valence-corrected chi connectivity index (χ1v) is 9.59. The number of hydrogen-bond donors (Lipinski definition) is 1. The number of ether oxygens (including phenoxy) is 1. The molecule has 0 bridgehead atoms. The second kappa shape index (κ2) is 7.62. The maximum Gasteiger partial charge on any atom is 0.258 e. The van der Waals surface area contributed by atoms with Crippen LogP contribution < -0.4 is 10.1 Å². The van der Waals surface area contributed by atoms with Crippen molar-refractivity contribution in [2.75, 3.05) is 13.2 Å². The van der Waals surface area contributed by atoms with E-state index in [0.717, 1.165) is 36.0 Å². The van der Waals surface area contributed by atoms with E-state index in [1.807, 2.05) is 24.3 Å². The molecule has 1 aliphatic heterocycles. The van der Waals surface area contributed by atoms with E-state index in [2.05, 4.69) is 5.32 Å². The highest BCUT2D eigenvalue weighted by Crippen LogP contribution is 2.37. The van der Waals surface area contributed by atoms with E-state index in [1.165, 1.54) is 19.1 Å². The molecule has 2 aliphatic rings. The molecule has 1 atom stereocenters. The molecule has 2 amide bonds. The van der Waals surface area contributed by atoms with Crippen molar-refractivity contribution in [2.24, 2.45) is 0 Å². The molecule has 0 radical (unpaired) electrons. The van der Waals surface area contributed by atoms with Gasteiger partial charge in [0.1, 0.15) is 11.6 Å². The number of fused-ring (bicyclic) bond motifs is 1. The van der Waals surface area contributed by atoms with Gasteiger partial charge in [-0.05, 0) is 60.2 Å². The highest BCUT2D eigenvalue weighted by Gasteiger charge is 2.31. The van der Waals surface area contributed by atoms with E-state index in [-0.39, 0.29) is 30.3 Å². The standard InChI is InChI=1S/C22H23FN2O3/c1-14(26)25-10-9-15-5-8-19(28-13-21(27)24-18-6-7-18)12-20(15)22(25)16-3-2-4-17(23)11-16/h2-5,8,11-12,18,22H,6-7,9-10,13H2,1H3,(H,24,27). The van der Waals surface area contributed by atoms with Crippen LogP contribution in [0.5, 0.6) is 5.75 Å². The van der Waals surface area contributed by atoms with Gasteiger partial charge in [0, 0.05) is 19.5 Å². The largest absolute Gasteiger partial charge is 0.484 e. The van der Waals surface area contributed by atoms with Gasteiger partial charge in [-0.3, -0.25) is 9.59 Å². The van der Waals surface area contributed by atoms with E-state index >= 15 is 0 Å². The summed E-state index contributed by atoms with van der Waals surface area (Å²) in [6.45, 7) is 2.06. The summed E-state index contributed by atoms with van der Waals surface area (Å²) in [5.41, 5.74) is 2.73. The average Bonchev–Trinajstić information content (AvgIpc) is 3.49. The Morgan fingerprint density at radius 3 is 2.75 bits per heavy atom. The van der Waals surface area contributed by atoms with Gasteiger partial charge in [-0.1, -0.05) is 18.2 Å². The third-order valence-electron chi connectivity index (χ3n) is 5.23. The van der Waals surface area contributed by atoms with E-state index in [4.69, 9.17) is 4.74 Å². The van der Waals surface area contributed by atoms with E-state index in [9.17, 15) is 14.0 Å². The van der Waals surface area contributed by atoms with Gasteiger partial charge in [-0.25, -0.2) is 4.39 Å². The van der Waals surface area contributed by atoms with Crippen LogP contribution >= 0.6 is 0 Å². The Morgan fingerprint density at radius 1 is 1.21 bits per heavy atom. The molecule has 1 N–H and O–H groups in total. The van der Waals surface area contributed by atoms with E-state index in [0.29, 0.717) is 18.3 Å². The molecule has 146 valence electrons. The summed E-state index contributed by atoms with van der Waals surface area (Å²) >= 11 is 0. The summed E-state index contributed by atoms with van der Waals surface area (Å²) in [4.78, 5) is 25.9. The number of carbonyl (C=O) groups excluding carboxylic acids is 2. The molecule has 4 rings (SSSR count). The van der Waals surface area contributed by atoms with Gasteiger partial charge < -0.3 is 15.0 Å². The first-order valence-electron chi connectivity index (χ1n) is 9.59. The third-order valence-corrected chi connectivity index (χ3v) is 5.23. The molecule has 5 nitrogen and oxygen atoms in total. The van der Waals surface area contributed by atoms with Crippen LogP contribution in [0.25, 0.3) is 0 Å². The second-order valence-electron chi connectivity index (χ2n) is 7.41. The summed E-state index contributed by atoms with van der Waals surface area (Å²) in [7, 11) is 0. The van der Waals surface area contributed by atoms with Crippen LogP contribution in [0.4, 0.5) is 4.39 Å². The Hall–Kier alpha value is -2.89. The minimum Gasteiger partial charge on any atom is -0.484 e. The number of benzene rings is 2. The fraction of sp³-hybridized carbons (Fsp3) is 0.364. The molecule has 1 aliphatic carbocycles. The zero-order chi connectivity index (χ0) is 19.7. The van der Waals surface area contributed by atoms with Crippen molar-refractivity contribution in [1.82, 2.24) is 10.2 Å². The quantitative estimate of drug-likeness (QED) is 0.865. The van der Waals surface area contributed by atoms with Crippen molar-refractivity contribution in [1.29, 1.82) is 0 Å². The minimum atomic E-state index is -0.374. The summed E-state index contributed by atoms with van der Waals surface area (Å²) in [6, 6.07) is 11.9. The second-order valence-corrected chi connectivity index (χ2v) is 7.41. The minimum absolute atomic E-state index is 0.0453. The Bertz CT molecular complexity index is 910. The zero-order valence-electron chi connectivity index (χ0n) is 15.8. The van der Waals surface area contributed by atoms with E-state index < -0.39 is 0 Å². The van der Waals surface area contributed by atoms with Crippen molar-refractivity contribution in [3.8, 4) is 5.75 Å². The van der Waals surface area contributed by atoms with Gasteiger partial charge in [0.05, 0.1) is 6.04 Å². The first-order chi connectivity index (χ1) is 13.5. The molecular weight excluding hydrogens is 359 g/mol. The number of nitrogens with zero attached hydrogens (tertiary/aromatic N) is 1. The maximum atomic E-state index is 13.9. The molecule has 1 fully saturated rings. The number of hydrogen-bond acceptors (Lipinski definition) is 3. The molecule has 1 saturated carbocycles. The number of amides is 2. The summed E-state index contributed by atoms with van der Waals surface area (Å²) < 4.78 is 19.5. The van der Waals surface area contributed by atoms with Crippen LogP contribution in [0, 0.1) is 5.82 Å². The van der Waals surface area contributed by atoms with Crippen LogP contribution in [0.2, 0.25) is 0 Å². The molecule has 2 aromatic rings. The Balaban J connectivity index is 1.62. The van der Waals surface area contributed by atoms with Crippen LogP contribution in [0.15, 0.2) is 42.5 Å². The molecule has 1 heterocycles. The molecule has 28 heavy (non-hydrogen) atoms. The third kappa shape index (κ3) is 4.01. The predicted molar refractivity (Wildman–Crippen MR) is 102 cm³/mol. The molecule has 0 spiro atoms. The van der Waals surface area contributed by atoms with Crippen LogP contribution in [0.3, 0.4) is 0 Å². The fourth-order valence-electron chi connectivity index (χ4n) is 3.70. The molecule has 0 saturated heterocycles. The fourth-order valence-corrected chi connectivity index (χ4v) is 3.70. The van der Waals surface area contributed by atoms with Crippen molar-refractivity contribution < 1.29 is 18.7 Å². The lowest BCUT2D eigenvalue weighted by atomic mass is 9.88. The van der Waals surface area contributed by atoms with Gasteiger partial charge in [-0.2, -0.15) is 0 Å². The number of nitrogens with one attached hydrogen (secondary N) is 1. The molecule has 1 unspecified atom stereocenters. The topological polar surface area (TPSA) is 58.6 Å². The van der Waals surface area contributed by atoms with Crippen LogP contribution in [-0.4, -0.2) is 35.9 Å². The SMILES string of the molecule is CC(=O)N1CCc2ccc(OCC(=O)NC3CC3)cc2C1c1cccc(F)c1. The monoisotopic (exact) mass is 382 g/mol. The van der Waals surface area contributed by atoms with Crippen molar-refractivity contribution >= 4 is 11.8 Å². The van der Waals surface area contributed by atoms with Crippen molar-refractivity contribution in [3.63, 3.8) is 0 Å². The van der Waals surface area contributed by atoms with E-state index in [1.54, 1.807) is 11.0 Å². The summed E-state index contributed by atoms with van der Waals surface area (Å²) in [5.74, 6) is 0.0380. The molecule has 0 aromatic heterocycles. The number of rotatable bonds is 5. The normalized spacial score (nSPS) is 18.4. The number of halogens is 1. The van der Waals surface area contributed by atoms with Crippen LogP contribution in [0.1, 0.15) is 42.5 Å². The lowest BCUT2D eigenvalue weighted by molar-refractivity contribution is -0.130. The van der Waals surface area contributed by atoms with Crippen molar-refractivity contribution in [2.45, 2.75) is 38.3 Å². The Kier molecular flexibility index (Phi) is 5.03. The smallest absolute Gasteiger partial charge is 0.258 e.